The van der Waals surface area contributed by atoms with Gasteiger partial charge >= 0.3 is 0 Å². The summed E-state index contributed by atoms with van der Waals surface area (Å²) >= 11 is 6.15. The van der Waals surface area contributed by atoms with Crippen molar-refractivity contribution in [2.45, 2.75) is 6.92 Å². The van der Waals surface area contributed by atoms with E-state index in [2.05, 4.69) is 25.1 Å². The van der Waals surface area contributed by atoms with E-state index in [1.54, 1.807) is 0 Å². The number of rotatable bonds is 4. The maximum Gasteiger partial charge on any atom is 0.233 e. The molecule has 3 heterocycles. The van der Waals surface area contributed by atoms with E-state index in [0.717, 1.165) is 37.4 Å². The molecule has 0 radical (unpaired) electrons. The van der Waals surface area contributed by atoms with Crippen LogP contribution in [0.4, 0.5) is 23.5 Å². The molecule has 0 unspecified atom stereocenters. The van der Waals surface area contributed by atoms with Crippen LogP contribution in [-0.2, 0) is 9.47 Å². The second kappa shape index (κ2) is 8.24. The molecule has 27 heavy (non-hydrogen) atoms. The van der Waals surface area contributed by atoms with Crippen LogP contribution in [0.5, 0.6) is 0 Å². The van der Waals surface area contributed by atoms with Gasteiger partial charge in [-0.05, 0) is 24.6 Å². The van der Waals surface area contributed by atoms with Gasteiger partial charge in [0.25, 0.3) is 0 Å². The number of ether oxygens (including phenoxy) is 2. The monoisotopic (exact) mass is 390 g/mol. The number of hydrogen-bond acceptors (Lipinski definition) is 8. The lowest BCUT2D eigenvalue weighted by Gasteiger charge is -2.30. The van der Waals surface area contributed by atoms with E-state index in [1.807, 2.05) is 25.1 Å². The van der Waals surface area contributed by atoms with Crippen LogP contribution in [0.1, 0.15) is 5.56 Å². The lowest BCUT2D eigenvalue weighted by atomic mass is 10.2. The molecule has 2 aliphatic rings. The first-order chi connectivity index (χ1) is 13.2. The third-order valence-corrected chi connectivity index (χ3v) is 4.88. The van der Waals surface area contributed by atoms with Crippen molar-refractivity contribution in [1.82, 2.24) is 15.0 Å². The Bertz CT molecular complexity index is 757. The number of morpholine rings is 2. The molecule has 0 amide bonds. The van der Waals surface area contributed by atoms with Crippen LogP contribution in [0, 0.1) is 6.92 Å². The van der Waals surface area contributed by atoms with E-state index in [4.69, 9.17) is 26.1 Å². The standard InChI is InChI=1S/C18H23ClN6O2/c1-13-2-3-14(19)12-15(13)20-16-21-17(24-4-8-26-9-5-24)23-18(22-16)25-6-10-27-11-7-25/h2-3,12H,4-11H2,1H3,(H,20,21,22,23). The highest BCUT2D eigenvalue weighted by molar-refractivity contribution is 6.30. The van der Waals surface area contributed by atoms with Gasteiger partial charge in [-0.3, -0.25) is 0 Å². The fraction of sp³-hybridized carbons (Fsp3) is 0.500. The number of hydrogen-bond donors (Lipinski definition) is 1. The minimum atomic E-state index is 0.512. The average molecular weight is 391 g/mol. The van der Waals surface area contributed by atoms with Crippen molar-refractivity contribution in [2.24, 2.45) is 0 Å². The molecular formula is C18H23ClN6O2. The third kappa shape index (κ3) is 4.40. The number of nitrogens with one attached hydrogen (secondary N) is 1. The van der Waals surface area contributed by atoms with Gasteiger partial charge < -0.3 is 24.6 Å². The highest BCUT2D eigenvalue weighted by Crippen LogP contribution is 2.25. The number of aryl methyl sites for hydroxylation is 1. The van der Waals surface area contributed by atoms with E-state index < -0.39 is 0 Å². The Morgan fingerprint density at radius 2 is 1.44 bits per heavy atom. The molecule has 4 rings (SSSR count). The molecule has 1 aromatic carbocycles. The van der Waals surface area contributed by atoms with Gasteiger partial charge in [0.1, 0.15) is 0 Å². The Balaban J connectivity index is 1.67. The summed E-state index contributed by atoms with van der Waals surface area (Å²) in [6.07, 6.45) is 0. The minimum Gasteiger partial charge on any atom is -0.378 e. The molecule has 0 bridgehead atoms. The Kier molecular flexibility index (Phi) is 5.56. The van der Waals surface area contributed by atoms with E-state index in [-0.39, 0.29) is 0 Å². The number of benzene rings is 1. The molecule has 2 saturated heterocycles. The summed E-state index contributed by atoms with van der Waals surface area (Å²) < 4.78 is 10.9. The lowest BCUT2D eigenvalue weighted by Crippen LogP contribution is -2.40. The Labute approximate surface area is 163 Å². The summed E-state index contributed by atoms with van der Waals surface area (Å²) in [6, 6.07) is 5.72. The Morgan fingerprint density at radius 1 is 0.889 bits per heavy atom. The van der Waals surface area contributed by atoms with Gasteiger partial charge in [0.15, 0.2) is 0 Å². The van der Waals surface area contributed by atoms with Crippen LogP contribution in [-0.4, -0.2) is 67.6 Å². The number of halogens is 1. The van der Waals surface area contributed by atoms with Crippen LogP contribution in [0.3, 0.4) is 0 Å². The smallest absolute Gasteiger partial charge is 0.233 e. The van der Waals surface area contributed by atoms with E-state index >= 15 is 0 Å². The van der Waals surface area contributed by atoms with E-state index in [9.17, 15) is 0 Å². The Morgan fingerprint density at radius 3 is 2.00 bits per heavy atom. The molecule has 8 nitrogen and oxygen atoms in total. The van der Waals surface area contributed by atoms with Crippen molar-refractivity contribution in [3.8, 4) is 0 Å². The first kappa shape index (κ1) is 18.2. The molecule has 2 fully saturated rings. The molecule has 0 spiro atoms. The molecule has 2 aromatic rings. The topological polar surface area (TPSA) is 75.6 Å². The molecule has 0 aliphatic carbocycles. The van der Waals surface area contributed by atoms with Gasteiger partial charge in [0.05, 0.1) is 26.4 Å². The number of nitrogens with zero attached hydrogens (tertiary/aromatic N) is 5. The van der Waals surface area contributed by atoms with Gasteiger partial charge in [-0.2, -0.15) is 15.0 Å². The molecule has 0 atom stereocenters. The van der Waals surface area contributed by atoms with Crippen LogP contribution < -0.4 is 15.1 Å². The zero-order valence-corrected chi connectivity index (χ0v) is 16.1. The third-order valence-electron chi connectivity index (χ3n) is 4.65. The fourth-order valence-electron chi connectivity index (χ4n) is 3.07. The van der Waals surface area contributed by atoms with Gasteiger partial charge in [0, 0.05) is 36.9 Å². The fourth-order valence-corrected chi connectivity index (χ4v) is 3.24. The largest absolute Gasteiger partial charge is 0.378 e. The Hall–Kier alpha value is -2.16. The summed E-state index contributed by atoms with van der Waals surface area (Å²) in [5, 5.41) is 3.98. The zero-order chi connectivity index (χ0) is 18.6. The molecular weight excluding hydrogens is 368 g/mol. The predicted molar refractivity (Wildman–Crippen MR) is 105 cm³/mol. The van der Waals surface area contributed by atoms with E-state index in [0.29, 0.717) is 49.3 Å². The van der Waals surface area contributed by atoms with Gasteiger partial charge in [0.2, 0.25) is 17.8 Å². The molecule has 1 aromatic heterocycles. The summed E-state index contributed by atoms with van der Waals surface area (Å²) in [5.74, 6) is 1.84. The quantitative estimate of drug-likeness (QED) is 0.851. The summed E-state index contributed by atoms with van der Waals surface area (Å²) in [7, 11) is 0. The maximum atomic E-state index is 6.15. The zero-order valence-electron chi connectivity index (χ0n) is 15.3. The minimum absolute atomic E-state index is 0.512. The van der Waals surface area contributed by atoms with Crippen LogP contribution in [0.25, 0.3) is 0 Å². The summed E-state index contributed by atoms with van der Waals surface area (Å²) in [5.41, 5.74) is 1.95. The second-order valence-corrected chi connectivity index (χ2v) is 6.98. The first-order valence-electron chi connectivity index (χ1n) is 9.14. The molecule has 144 valence electrons. The van der Waals surface area contributed by atoms with Crippen molar-refractivity contribution < 1.29 is 9.47 Å². The predicted octanol–water partition coefficient (Wildman–Crippen LogP) is 2.25. The second-order valence-electron chi connectivity index (χ2n) is 6.54. The molecule has 0 saturated carbocycles. The molecule has 9 heteroatoms. The van der Waals surface area contributed by atoms with Crippen molar-refractivity contribution >= 4 is 35.1 Å². The van der Waals surface area contributed by atoms with Crippen molar-refractivity contribution in [2.75, 3.05) is 67.7 Å². The van der Waals surface area contributed by atoms with E-state index in [1.165, 1.54) is 0 Å². The highest BCUT2D eigenvalue weighted by atomic mass is 35.5. The normalized spacial score (nSPS) is 17.9. The average Bonchev–Trinajstić information content (AvgIpc) is 2.72. The van der Waals surface area contributed by atoms with Gasteiger partial charge in [-0.25, -0.2) is 0 Å². The van der Waals surface area contributed by atoms with Gasteiger partial charge in [-0.1, -0.05) is 17.7 Å². The SMILES string of the molecule is Cc1ccc(Cl)cc1Nc1nc(N2CCOCC2)nc(N2CCOCC2)n1. The first-order valence-corrected chi connectivity index (χ1v) is 9.51. The number of aromatic nitrogens is 3. The van der Waals surface area contributed by atoms with Crippen LogP contribution in [0.15, 0.2) is 18.2 Å². The van der Waals surface area contributed by atoms with Crippen molar-refractivity contribution in [3.05, 3.63) is 28.8 Å². The number of anilines is 4. The van der Waals surface area contributed by atoms with Crippen LogP contribution in [0.2, 0.25) is 5.02 Å². The molecule has 2 aliphatic heterocycles. The highest BCUT2D eigenvalue weighted by Gasteiger charge is 2.21. The van der Waals surface area contributed by atoms with Crippen molar-refractivity contribution in [3.63, 3.8) is 0 Å². The molecule has 1 N–H and O–H groups in total. The maximum absolute atomic E-state index is 6.15. The summed E-state index contributed by atoms with van der Waals surface area (Å²) in [6.45, 7) is 7.79. The van der Waals surface area contributed by atoms with Crippen molar-refractivity contribution in [1.29, 1.82) is 0 Å². The summed E-state index contributed by atoms with van der Waals surface area (Å²) in [4.78, 5) is 18.3. The van der Waals surface area contributed by atoms with Gasteiger partial charge in [-0.15, -0.1) is 0 Å². The van der Waals surface area contributed by atoms with Crippen LogP contribution >= 0.6 is 11.6 Å². The lowest BCUT2D eigenvalue weighted by molar-refractivity contribution is 0.121.